The van der Waals surface area contributed by atoms with E-state index in [1.165, 1.54) is 25.6 Å². The first-order chi connectivity index (χ1) is 17.3. The van der Waals surface area contributed by atoms with Crippen molar-refractivity contribution in [1.29, 1.82) is 0 Å². The summed E-state index contributed by atoms with van der Waals surface area (Å²) in [7, 11) is 1.51. The Kier molecular flexibility index (Phi) is 7.76. The Balaban J connectivity index is 1.55. The number of ether oxygens (including phenoxy) is 2. The molecule has 0 saturated carbocycles. The van der Waals surface area contributed by atoms with Crippen LogP contribution in [0.3, 0.4) is 0 Å². The second kappa shape index (κ2) is 11.0. The maximum absolute atomic E-state index is 14.6. The van der Waals surface area contributed by atoms with Crippen molar-refractivity contribution in [1.82, 2.24) is 14.9 Å². The summed E-state index contributed by atoms with van der Waals surface area (Å²) in [6, 6.07) is 6.33. The van der Waals surface area contributed by atoms with Crippen LogP contribution >= 0.6 is 23.2 Å². The summed E-state index contributed by atoms with van der Waals surface area (Å²) in [5.74, 6) is -1.02. The molecular weight excluding hydrogens is 514 g/mol. The number of carboxylic acids is 1. The summed E-state index contributed by atoms with van der Waals surface area (Å²) in [5, 5.41) is 12.1. The minimum absolute atomic E-state index is 0.0941. The zero-order valence-corrected chi connectivity index (χ0v) is 20.5. The van der Waals surface area contributed by atoms with Crippen molar-refractivity contribution in [3.05, 3.63) is 58.6 Å². The molecule has 9 nitrogen and oxygen atoms in total. The maximum Gasteiger partial charge on any atom is 0.328 e. The molecule has 0 aliphatic carbocycles. The van der Waals surface area contributed by atoms with E-state index in [-0.39, 0.29) is 27.7 Å². The van der Waals surface area contributed by atoms with Crippen LogP contribution in [0, 0.1) is 5.82 Å². The number of aromatic nitrogens is 2. The van der Waals surface area contributed by atoms with E-state index in [0.717, 1.165) is 12.2 Å². The van der Waals surface area contributed by atoms with Gasteiger partial charge in [-0.15, -0.1) is 0 Å². The molecule has 1 fully saturated rings. The van der Waals surface area contributed by atoms with Crippen LogP contribution in [0.25, 0.3) is 10.9 Å². The Morgan fingerprint density at radius 1 is 1.17 bits per heavy atom. The van der Waals surface area contributed by atoms with Crippen molar-refractivity contribution < 1.29 is 28.6 Å². The first-order valence-corrected chi connectivity index (χ1v) is 11.6. The van der Waals surface area contributed by atoms with Gasteiger partial charge in [0.15, 0.2) is 17.3 Å². The van der Waals surface area contributed by atoms with Crippen LogP contribution < -0.4 is 14.8 Å². The van der Waals surface area contributed by atoms with Gasteiger partial charge in [0.1, 0.15) is 18.2 Å². The number of likely N-dealkylation sites (tertiary alicyclic amines) is 1. The number of halogens is 3. The fourth-order valence-electron chi connectivity index (χ4n) is 3.79. The topological polar surface area (TPSA) is 114 Å². The normalized spacial score (nSPS) is 14.3. The van der Waals surface area contributed by atoms with E-state index in [9.17, 15) is 14.0 Å². The number of methoxy groups -OCH3 is 1. The molecule has 188 valence electrons. The lowest BCUT2D eigenvalue weighted by atomic mass is 10.1. The van der Waals surface area contributed by atoms with Crippen LogP contribution in [-0.2, 0) is 9.59 Å². The molecule has 2 aromatic carbocycles. The van der Waals surface area contributed by atoms with E-state index in [4.69, 9.17) is 37.8 Å². The number of anilines is 2. The predicted octanol–water partition coefficient (Wildman–Crippen LogP) is 4.84. The Morgan fingerprint density at radius 3 is 2.61 bits per heavy atom. The molecule has 1 aromatic heterocycles. The van der Waals surface area contributed by atoms with Crippen molar-refractivity contribution in [3.8, 4) is 11.5 Å². The van der Waals surface area contributed by atoms with Gasteiger partial charge < -0.3 is 24.8 Å². The first kappa shape index (κ1) is 25.5. The number of amides is 1. The lowest BCUT2D eigenvalue weighted by molar-refractivity contribution is -0.132. The summed E-state index contributed by atoms with van der Waals surface area (Å²) in [4.78, 5) is 32.8. The van der Waals surface area contributed by atoms with Gasteiger partial charge in [-0.2, -0.15) is 0 Å². The number of carbonyl (C=O) groups excluding carboxylic acids is 1. The number of hydrogen-bond acceptors (Lipinski definition) is 7. The maximum atomic E-state index is 14.6. The van der Waals surface area contributed by atoms with E-state index in [2.05, 4.69) is 15.3 Å². The summed E-state index contributed by atoms with van der Waals surface area (Å²) in [5.41, 5.74) is 0.638. The molecule has 1 saturated heterocycles. The monoisotopic (exact) mass is 534 g/mol. The third-order valence-electron chi connectivity index (χ3n) is 5.62. The Morgan fingerprint density at radius 2 is 1.92 bits per heavy atom. The summed E-state index contributed by atoms with van der Waals surface area (Å²) >= 11 is 11.8. The standard InChI is InChI=1S/C24H21Cl2FN4O5/c1-35-18-11-17-14(24(29-12-28-17)30-16-3-2-15(25)22(26)23(16)27)10-19(18)36-13-6-8-31(9-7-13)20(32)4-5-21(33)34/h2-5,10-13H,6-9H2,1H3,(H,33,34)(H,28,29,30)/b5-4+. The summed E-state index contributed by atoms with van der Waals surface area (Å²) in [6.45, 7) is 0.825. The van der Waals surface area contributed by atoms with Crippen molar-refractivity contribution in [2.75, 3.05) is 25.5 Å². The average Bonchev–Trinajstić information content (AvgIpc) is 2.88. The van der Waals surface area contributed by atoms with E-state index in [0.29, 0.717) is 54.2 Å². The third-order valence-corrected chi connectivity index (χ3v) is 6.41. The molecule has 36 heavy (non-hydrogen) atoms. The van der Waals surface area contributed by atoms with Gasteiger partial charge in [-0.25, -0.2) is 19.2 Å². The van der Waals surface area contributed by atoms with Crippen LogP contribution in [0.2, 0.25) is 10.0 Å². The molecule has 1 aliphatic rings. The lowest BCUT2D eigenvalue weighted by Crippen LogP contribution is -2.41. The van der Waals surface area contributed by atoms with Crippen LogP contribution in [-0.4, -0.2) is 58.2 Å². The molecule has 0 atom stereocenters. The molecule has 0 bridgehead atoms. The number of nitrogens with zero attached hydrogens (tertiary/aromatic N) is 3. The van der Waals surface area contributed by atoms with Crippen molar-refractivity contribution in [2.24, 2.45) is 0 Å². The zero-order chi connectivity index (χ0) is 25.8. The van der Waals surface area contributed by atoms with Gasteiger partial charge in [0, 0.05) is 49.5 Å². The van der Waals surface area contributed by atoms with Crippen molar-refractivity contribution in [2.45, 2.75) is 18.9 Å². The third kappa shape index (κ3) is 5.60. The van der Waals surface area contributed by atoms with Crippen LogP contribution in [0.5, 0.6) is 11.5 Å². The largest absolute Gasteiger partial charge is 0.493 e. The number of carboxylic acid groups (broad SMARTS) is 1. The number of carbonyl (C=O) groups is 2. The Labute approximate surface area is 215 Å². The van der Waals surface area contributed by atoms with Crippen LogP contribution in [0.1, 0.15) is 12.8 Å². The fourth-order valence-corrected chi connectivity index (χ4v) is 4.10. The Bertz CT molecular complexity index is 1350. The van der Waals surface area contributed by atoms with Crippen LogP contribution in [0.15, 0.2) is 42.7 Å². The lowest BCUT2D eigenvalue weighted by Gasteiger charge is -2.31. The SMILES string of the molecule is COc1cc2ncnc(Nc3ccc(Cl)c(Cl)c3F)c2cc1OC1CCN(C(=O)/C=C/C(=O)O)CC1. The van der Waals surface area contributed by atoms with E-state index < -0.39 is 11.8 Å². The number of piperidine rings is 1. The molecule has 2 heterocycles. The molecular formula is C24H21Cl2FN4O5. The number of benzene rings is 2. The summed E-state index contributed by atoms with van der Waals surface area (Å²) < 4.78 is 26.3. The second-order valence-electron chi connectivity index (χ2n) is 7.90. The number of aliphatic carboxylic acids is 1. The van der Waals surface area contributed by atoms with Crippen LogP contribution in [0.4, 0.5) is 15.9 Å². The molecule has 12 heteroatoms. The van der Waals surface area contributed by atoms with Gasteiger partial charge in [0.25, 0.3) is 0 Å². The van der Waals surface area contributed by atoms with Gasteiger partial charge in [-0.1, -0.05) is 23.2 Å². The average molecular weight is 535 g/mol. The zero-order valence-electron chi connectivity index (χ0n) is 19.0. The Hall–Kier alpha value is -3.63. The second-order valence-corrected chi connectivity index (χ2v) is 8.69. The van der Waals surface area contributed by atoms with Gasteiger partial charge >= 0.3 is 5.97 Å². The van der Waals surface area contributed by atoms with Gasteiger partial charge in [-0.3, -0.25) is 4.79 Å². The minimum atomic E-state index is -1.18. The molecule has 1 aliphatic heterocycles. The number of rotatable bonds is 7. The van der Waals surface area contributed by atoms with E-state index >= 15 is 0 Å². The van der Waals surface area contributed by atoms with Gasteiger partial charge in [-0.05, 0) is 18.2 Å². The molecule has 3 aromatic rings. The first-order valence-electron chi connectivity index (χ1n) is 10.9. The highest BCUT2D eigenvalue weighted by Crippen LogP contribution is 2.37. The molecule has 0 radical (unpaired) electrons. The molecule has 0 unspecified atom stereocenters. The fraction of sp³-hybridized carbons (Fsp3) is 0.250. The van der Waals surface area contributed by atoms with E-state index in [1.54, 1.807) is 17.0 Å². The molecule has 0 spiro atoms. The highest BCUT2D eigenvalue weighted by atomic mass is 35.5. The molecule has 4 rings (SSSR count). The highest BCUT2D eigenvalue weighted by molar-refractivity contribution is 6.42. The molecule has 2 N–H and O–H groups in total. The van der Waals surface area contributed by atoms with Gasteiger partial charge in [0.05, 0.1) is 28.4 Å². The number of fused-ring (bicyclic) bond motifs is 1. The van der Waals surface area contributed by atoms with Gasteiger partial charge in [0.2, 0.25) is 5.91 Å². The van der Waals surface area contributed by atoms with Crippen molar-refractivity contribution in [3.63, 3.8) is 0 Å². The quantitative estimate of drug-likeness (QED) is 0.327. The van der Waals surface area contributed by atoms with Crippen molar-refractivity contribution >= 4 is 57.5 Å². The highest BCUT2D eigenvalue weighted by Gasteiger charge is 2.24. The minimum Gasteiger partial charge on any atom is -0.493 e. The number of hydrogen-bond donors (Lipinski definition) is 2. The number of nitrogens with one attached hydrogen (secondary N) is 1. The summed E-state index contributed by atoms with van der Waals surface area (Å²) in [6.07, 6.45) is 4.07. The molecule has 1 amide bonds. The van der Waals surface area contributed by atoms with E-state index in [1.807, 2.05) is 0 Å². The predicted molar refractivity (Wildman–Crippen MR) is 133 cm³/mol. The smallest absolute Gasteiger partial charge is 0.328 e.